The number of rotatable bonds is 7. The van der Waals surface area contributed by atoms with E-state index in [1.54, 1.807) is 23.9 Å². The van der Waals surface area contributed by atoms with Crippen molar-refractivity contribution in [3.63, 3.8) is 0 Å². The number of nitrogens with zero attached hydrogens (tertiary/aromatic N) is 2. The van der Waals surface area contributed by atoms with Crippen LogP contribution in [0.5, 0.6) is 0 Å². The Hall–Kier alpha value is -3.61. The van der Waals surface area contributed by atoms with Gasteiger partial charge in [-0.3, -0.25) is 4.79 Å². The van der Waals surface area contributed by atoms with E-state index in [1.807, 2.05) is 55.6 Å². The van der Waals surface area contributed by atoms with Gasteiger partial charge in [0.1, 0.15) is 0 Å². The maximum absolute atomic E-state index is 12.2. The molecule has 0 atom stereocenters. The van der Waals surface area contributed by atoms with Crippen molar-refractivity contribution in [2.24, 2.45) is 0 Å². The number of nitrogens with one attached hydrogen (secondary N) is 3. The number of carbonyl (C=O) groups is 2. The van der Waals surface area contributed by atoms with Gasteiger partial charge in [0.05, 0.1) is 5.69 Å². The molecule has 0 saturated heterocycles. The van der Waals surface area contributed by atoms with Crippen molar-refractivity contribution in [2.45, 2.75) is 26.7 Å². The van der Waals surface area contributed by atoms with Crippen molar-refractivity contribution in [3.05, 3.63) is 72.1 Å². The van der Waals surface area contributed by atoms with Gasteiger partial charge in [0, 0.05) is 36.7 Å². The molecule has 3 N–H and O–H groups in total. The predicted octanol–water partition coefficient (Wildman–Crippen LogP) is 3.89. The summed E-state index contributed by atoms with van der Waals surface area (Å²) in [5.74, 6) is -0.0668. The third-order valence-electron chi connectivity index (χ3n) is 4.50. The fourth-order valence-corrected chi connectivity index (χ4v) is 2.81. The van der Waals surface area contributed by atoms with Crippen LogP contribution >= 0.6 is 0 Å². The third kappa shape index (κ3) is 5.68. The third-order valence-corrected chi connectivity index (χ3v) is 4.50. The van der Waals surface area contributed by atoms with E-state index in [1.165, 1.54) is 0 Å². The van der Waals surface area contributed by atoms with E-state index < -0.39 is 0 Å². The van der Waals surface area contributed by atoms with E-state index in [0.29, 0.717) is 24.3 Å². The van der Waals surface area contributed by atoms with Crippen LogP contribution in [0.15, 0.2) is 60.9 Å². The average Bonchev–Trinajstić information content (AvgIpc) is 3.26. The van der Waals surface area contributed by atoms with E-state index in [4.69, 9.17) is 0 Å². The number of amides is 3. The molecule has 0 saturated carbocycles. The van der Waals surface area contributed by atoms with Crippen LogP contribution in [0.3, 0.4) is 0 Å². The first-order chi connectivity index (χ1) is 14.0. The van der Waals surface area contributed by atoms with E-state index in [2.05, 4.69) is 21.0 Å². The molecule has 0 fully saturated rings. The van der Waals surface area contributed by atoms with Gasteiger partial charge in [-0.15, -0.1) is 0 Å². The molecule has 29 heavy (non-hydrogen) atoms. The SMILES string of the molecule is CCC(=O)Nc1ccc(C)c(NC(=O)NCCc2ccc(-n3cccn3)cc2)c1. The molecule has 150 valence electrons. The fraction of sp³-hybridized carbons (Fsp3) is 0.227. The molecular weight excluding hydrogens is 366 g/mol. The Morgan fingerprint density at radius 1 is 1.07 bits per heavy atom. The minimum absolute atomic E-state index is 0.0668. The van der Waals surface area contributed by atoms with Gasteiger partial charge >= 0.3 is 6.03 Å². The van der Waals surface area contributed by atoms with E-state index in [0.717, 1.165) is 23.2 Å². The van der Waals surface area contributed by atoms with Crippen LogP contribution in [-0.4, -0.2) is 28.3 Å². The van der Waals surface area contributed by atoms with Crippen LogP contribution in [0.4, 0.5) is 16.2 Å². The van der Waals surface area contributed by atoms with Gasteiger partial charge in [-0.05, 0) is 54.8 Å². The van der Waals surface area contributed by atoms with Gasteiger partial charge in [-0.1, -0.05) is 25.1 Å². The molecule has 0 radical (unpaired) electrons. The van der Waals surface area contributed by atoms with Gasteiger partial charge in [0.2, 0.25) is 5.91 Å². The Morgan fingerprint density at radius 2 is 1.86 bits per heavy atom. The summed E-state index contributed by atoms with van der Waals surface area (Å²) < 4.78 is 1.80. The molecule has 0 bridgehead atoms. The molecule has 7 nitrogen and oxygen atoms in total. The van der Waals surface area contributed by atoms with Gasteiger partial charge < -0.3 is 16.0 Å². The molecule has 0 unspecified atom stereocenters. The first-order valence-electron chi connectivity index (χ1n) is 9.59. The van der Waals surface area contributed by atoms with Crippen molar-refractivity contribution in [1.29, 1.82) is 0 Å². The van der Waals surface area contributed by atoms with Crippen molar-refractivity contribution in [1.82, 2.24) is 15.1 Å². The molecule has 0 aliphatic carbocycles. The summed E-state index contributed by atoms with van der Waals surface area (Å²) in [5, 5.41) is 12.7. The molecule has 1 heterocycles. The molecule has 2 aromatic carbocycles. The van der Waals surface area contributed by atoms with E-state index in [-0.39, 0.29) is 11.9 Å². The van der Waals surface area contributed by atoms with Gasteiger partial charge in [-0.25, -0.2) is 9.48 Å². The zero-order valence-electron chi connectivity index (χ0n) is 16.6. The number of benzene rings is 2. The van der Waals surface area contributed by atoms with Crippen LogP contribution in [0.1, 0.15) is 24.5 Å². The lowest BCUT2D eigenvalue weighted by molar-refractivity contribution is -0.115. The predicted molar refractivity (Wildman–Crippen MR) is 114 cm³/mol. The molecule has 0 spiro atoms. The number of aryl methyl sites for hydroxylation is 1. The molecule has 3 rings (SSSR count). The maximum atomic E-state index is 12.2. The zero-order valence-corrected chi connectivity index (χ0v) is 16.6. The van der Waals surface area contributed by atoms with Crippen LogP contribution in [-0.2, 0) is 11.2 Å². The summed E-state index contributed by atoms with van der Waals surface area (Å²) in [6.07, 6.45) is 4.76. The summed E-state index contributed by atoms with van der Waals surface area (Å²) in [7, 11) is 0. The second-order valence-corrected chi connectivity index (χ2v) is 6.68. The second-order valence-electron chi connectivity index (χ2n) is 6.68. The molecule has 0 aliphatic heterocycles. The number of aromatic nitrogens is 2. The highest BCUT2D eigenvalue weighted by Crippen LogP contribution is 2.20. The number of urea groups is 1. The Bertz CT molecular complexity index is 965. The summed E-state index contributed by atoms with van der Waals surface area (Å²) in [6.45, 7) is 4.21. The highest BCUT2D eigenvalue weighted by Gasteiger charge is 2.07. The Kier molecular flexibility index (Phi) is 6.63. The maximum Gasteiger partial charge on any atom is 0.319 e. The minimum atomic E-state index is -0.278. The summed E-state index contributed by atoms with van der Waals surface area (Å²) in [5.41, 5.74) is 4.37. The lowest BCUT2D eigenvalue weighted by Crippen LogP contribution is -2.30. The van der Waals surface area contributed by atoms with E-state index in [9.17, 15) is 9.59 Å². The second kappa shape index (κ2) is 9.54. The van der Waals surface area contributed by atoms with Gasteiger partial charge in [-0.2, -0.15) is 5.10 Å². The van der Waals surface area contributed by atoms with Crippen molar-refractivity contribution in [3.8, 4) is 5.69 Å². The number of hydrogen-bond acceptors (Lipinski definition) is 3. The number of carbonyl (C=O) groups excluding carboxylic acids is 2. The first kappa shape index (κ1) is 20.1. The largest absolute Gasteiger partial charge is 0.338 e. The zero-order chi connectivity index (χ0) is 20.6. The summed E-state index contributed by atoms with van der Waals surface area (Å²) in [6, 6.07) is 15.1. The van der Waals surface area contributed by atoms with Crippen molar-refractivity contribution in [2.75, 3.05) is 17.2 Å². The Morgan fingerprint density at radius 3 is 2.55 bits per heavy atom. The smallest absolute Gasteiger partial charge is 0.319 e. The normalized spacial score (nSPS) is 10.4. The Labute approximate surface area is 170 Å². The van der Waals surface area contributed by atoms with Crippen LogP contribution in [0, 0.1) is 6.92 Å². The van der Waals surface area contributed by atoms with E-state index >= 15 is 0 Å². The molecule has 3 amide bonds. The molecular formula is C22H25N5O2. The summed E-state index contributed by atoms with van der Waals surface area (Å²) in [4.78, 5) is 23.8. The quantitative estimate of drug-likeness (QED) is 0.571. The van der Waals surface area contributed by atoms with Crippen molar-refractivity contribution < 1.29 is 9.59 Å². The number of anilines is 2. The van der Waals surface area contributed by atoms with Gasteiger partial charge in [0.25, 0.3) is 0 Å². The van der Waals surface area contributed by atoms with Gasteiger partial charge in [0.15, 0.2) is 0 Å². The Balaban J connectivity index is 1.50. The standard InChI is InChI=1S/C22H25N5O2/c1-3-21(28)25-18-8-5-16(2)20(15-18)26-22(29)23-13-11-17-6-9-19(10-7-17)27-14-4-12-24-27/h4-10,12,14-15H,3,11,13H2,1-2H3,(H,25,28)(H2,23,26,29). The molecule has 0 aliphatic rings. The van der Waals surface area contributed by atoms with Crippen molar-refractivity contribution >= 4 is 23.3 Å². The monoisotopic (exact) mass is 391 g/mol. The van der Waals surface area contributed by atoms with Crippen LogP contribution in [0.2, 0.25) is 0 Å². The highest BCUT2D eigenvalue weighted by atomic mass is 16.2. The molecule has 1 aromatic heterocycles. The average molecular weight is 391 g/mol. The lowest BCUT2D eigenvalue weighted by atomic mass is 10.1. The van der Waals surface area contributed by atoms with Crippen LogP contribution in [0.25, 0.3) is 5.69 Å². The topological polar surface area (TPSA) is 88.0 Å². The molecule has 3 aromatic rings. The first-order valence-corrected chi connectivity index (χ1v) is 9.59. The highest BCUT2D eigenvalue weighted by molar-refractivity contribution is 5.94. The summed E-state index contributed by atoms with van der Waals surface area (Å²) >= 11 is 0. The number of hydrogen-bond donors (Lipinski definition) is 3. The minimum Gasteiger partial charge on any atom is -0.338 e. The fourth-order valence-electron chi connectivity index (χ4n) is 2.81. The van der Waals surface area contributed by atoms with Crippen LogP contribution < -0.4 is 16.0 Å². The lowest BCUT2D eigenvalue weighted by Gasteiger charge is -2.12. The molecule has 7 heteroatoms.